The van der Waals surface area contributed by atoms with Crippen molar-refractivity contribution in [2.75, 3.05) is 19.0 Å². The van der Waals surface area contributed by atoms with E-state index in [0.717, 1.165) is 16.8 Å². The Morgan fingerprint density at radius 2 is 2.37 bits per heavy atom. The predicted molar refractivity (Wildman–Crippen MR) is 69.9 cm³/mol. The number of esters is 1. The number of ether oxygens (including phenoxy) is 1. The normalized spacial score (nSPS) is 12.4. The molecule has 19 heavy (non-hydrogen) atoms. The zero-order valence-corrected chi connectivity index (χ0v) is 10.8. The van der Waals surface area contributed by atoms with Crippen LogP contribution in [-0.2, 0) is 9.53 Å². The number of aliphatic hydroxyl groups excluding tert-OH is 1. The molecule has 1 unspecified atom stereocenters. The molecule has 0 aliphatic heterocycles. The lowest BCUT2D eigenvalue weighted by Crippen LogP contribution is -2.23. The third kappa shape index (κ3) is 3.45. The number of aliphatic hydroxyl groups is 1. The Labute approximate surface area is 110 Å². The van der Waals surface area contributed by atoms with E-state index >= 15 is 0 Å². The minimum atomic E-state index is -0.790. The summed E-state index contributed by atoms with van der Waals surface area (Å²) < 4.78 is 9.85. The molecule has 1 aromatic carbocycles. The first-order chi connectivity index (χ1) is 9.08. The highest BCUT2D eigenvalue weighted by Gasteiger charge is 2.11. The molecule has 2 N–H and O–H groups in total. The van der Waals surface area contributed by atoms with Gasteiger partial charge in [0.1, 0.15) is 5.52 Å². The highest BCUT2D eigenvalue weighted by atomic mass is 16.5. The van der Waals surface area contributed by atoms with Crippen molar-refractivity contribution in [2.24, 2.45) is 0 Å². The van der Waals surface area contributed by atoms with E-state index in [0.29, 0.717) is 5.89 Å². The lowest BCUT2D eigenvalue weighted by atomic mass is 10.2. The quantitative estimate of drug-likeness (QED) is 0.795. The number of rotatable bonds is 5. The molecule has 0 amide bonds. The maximum atomic E-state index is 11.0. The average Bonchev–Trinajstić information content (AvgIpc) is 2.75. The molecule has 1 heterocycles. The van der Waals surface area contributed by atoms with E-state index in [1.165, 1.54) is 7.11 Å². The number of carbonyl (C=O) groups is 1. The number of hydrogen-bond donors (Lipinski definition) is 2. The largest absolute Gasteiger partial charge is 0.469 e. The first-order valence-corrected chi connectivity index (χ1v) is 5.94. The number of benzene rings is 1. The molecule has 0 spiro atoms. The number of oxazole rings is 1. The molecule has 0 aliphatic carbocycles. The molecule has 0 saturated heterocycles. The van der Waals surface area contributed by atoms with Gasteiger partial charge in [0.2, 0.25) is 0 Å². The van der Waals surface area contributed by atoms with Crippen LogP contribution in [0.5, 0.6) is 0 Å². The van der Waals surface area contributed by atoms with Crippen LogP contribution in [0.3, 0.4) is 0 Å². The number of carbonyl (C=O) groups excluding carboxylic acids is 1. The maximum absolute atomic E-state index is 11.0. The van der Waals surface area contributed by atoms with Gasteiger partial charge in [-0.1, -0.05) is 0 Å². The second-order valence-corrected chi connectivity index (χ2v) is 4.23. The number of methoxy groups -OCH3 is 1. The minimum absolute atomic E-state index is 0.0329. The zero-order valence-electron chi connectivity index (χ0n) is 10.8. The summed E-state index contributed by atoms with van der Waals surface area (Å²) in [5.41, 5.74) is 2.29. The molecule has 0 aliphatic rings. The van der Waals surface area contributed by atoms with Crippen molar-refractivity contribution in [3.8, 4) is 0 Å². The van der Waals surface area contributed by atoms with Crippen molar-refractivity contribution in [3.05, 3.63) is 24.1 Å². The van der Waals surface area contributed by atoms with Crippen molar-refractivity contribution in [1.82, 2.24) is 4.98 Å². The molecule has 2 rings (SSSR count). The summed E-state index contributed by atoms with van der Waals surface area (Å²) in [6.07, 6.45) is -0.823. The van der Waals surface area contributed by atoms with Gasteiger partial charge in [-0.05, 0) is 18.2 Å². The molecule has 2 aromatic rings. The Kier molecular flexibility index (Phi) is 4.01. The van der Waals surface area contributed by atoms with Crippen molar-refractivity contribution in [3.63, 3.8) is 0 Å². The Balaban J connectivity index is 1.95. The number of fused-ring (bicyclic) bond motifs is 1. The molecule has 6 nitrogen and oxygen atoms in total. The summed E-state index contributed by atoms with van der Waals surface area (Å²) in [5.74, 6) is 0.176. The molecule has 0 radical (unpaired) electrons. The smallest absolute Gasteiger partial charge is 0.308 e. The first kappa shape index (κ1) is 13.4. The second kappa shape index (κ2) is 5.71. The van der Waals surface area contributed by atoms with Gasteiger partial charge in [-0.3, -0.25) is 4.79 Å². The van der Waals surface area contributed by atoms with Crippen LogP contribution >= 0.6 is 0 Å². The topological polar surface area (TPSA) is 84.6 Å². The fourth-order valence-corrected chi connectivity index (χ4v) is 1.74. The number of aromatic nitrogens is 1. The van der Waals surface area contributed by atoms with Gasteiger partial charge in [-0.25, -0.2) is 4.98 Å². The summed E-state index contributed by atoms with van der Waals surface area (Å²) in [4.78, 5) is 15.2. The minimum Gasteiger partial charge on any atom is -0.469 e. The molecule has 1 aromatic heterocycles. The van der Waals surface area contributed by atoms with E-state index in [2.05, 4.69) is 15.0 Å². The lowest BCUT2D eigenvalue weighted by molar-refractivity contribution is -0.142. The molecule has 1 atom stereocenters. The van der Waals surface area contributed by atoms with E-state index in [-0.39, 0.29) is 13.0 Å². The Morgan fingerprint density at radius 3 is 3.11 bits per heavy atom. The fraction of sp³-hybridized carbons (Fsp3) is 0.385. The van der Waals surface area contributed by atoms with E-state index < -0.39 is 12.1 Å². The number of anilines is 1. The van der Waals surface area contributed by atoms with E-state index in [4.69, 9.17) is 4.42 Å². The Hall–Kier alpha value is -2.08. The standard InChI is InChI=1S/C13H16N2O4/c1-8-15-11-5-9(3-4-12(11)19-8)14-7-10(16)6-13(17)18-2/h3-5,10,14,16H,6-7H2,1-2H3. The van der Waals surface area contributed by atoms with Gasteiger partial charge in [0.05, 0.1) is 19.6 Å². The van der Waals surface area contributed by atoms with Crippen molar-refractivity contribution < 1.29 is 19.1 Å². The molecule has 0 fully saturated rings. The highest BCUT2D eigenvalue weighted by molar-refractivity contribution is 5.77. The third-order valence-corrected chi connectivity index (χ3v) is 2.67. The summed E-state index contributed by atoms with van der Waals surface area (Å²) in [6, 6.07) is 5.47. The summed E-state index contributed by atoms with van der Waals surface area (Å²) in [6.45, 7) is 2.05. The van der Waals surface area contributed by atoms with E-state index in [9.17, 15) is 9.90 Å². The molecule has 6 heteroatoms. The van der Waals surface area contributed by atoms with Crippen LogP contribution in [-0.4, -0.2) is 35.8 Å². The van der Waals surface area contributed by atoms with Gasteiger partial charge in [-0.15, -0.1) is 0 Å². The maximum Gasteiger partial charge on any atom is 0.308 e. The Bertz CT molecular complexity index is 579. The number of nitrogens with zero attached hydrogens (tertiary/aromatic N) is 1. The third-order valence-electron chi connectivity index (χ3n) is 2.67. The fourth-order valence-electron chi connectivity index (χ4n) is 1.74. The second-order valence-electron chi connectivity index (χ2n) is 4.23. The Morgan fingerprint density at radius 1 is 1.58 bits per heavy atom. The van der Waals surface area contributed by atoms with Gasteiger partial charge in [-0.2, -0.15) is 0 Å². The highest BCUT2D eigenvalue weighted by Crippen LogP contribution is 2.19. The van der Waals surface area contributed by atoms with Crippen LogP contribution in [0.2, 0.25) is 0 Å². The van der Waals surface area contributed by atoms with E-state index in [1.54, 1.807) is 6.92 Å². The molecule has 0 saturated carbocycles. The summed E-state index contributed by atoms with van der Waals surface area (Å²) >= 11 is 0. The van der Waals surface area contributed by atoms with Crippen LogP contribution in [0.1, 0.15) is 12.3 Å². The lowest BCUT2D eigenvalue weighted by Gasteiger charge is -2.11. The van der Waals surface area contributed by atoms with Gasteiger partial charge >= 0.3 is 5.97 Å². The van der Waals surface area contributed by atoms with Crippen molar-refractivity contribution in [1.29, 1.82) is 0 Å². The molecular weight excluding hydrogens is 248 g/mol. The number of hydrogen-bond acceptors (Lipinski definition) is 6. The van der Waals surface area contributed by atoms with Crippen LogP contribution in [0, 0.1) is 6.92 Å². The summed E-state index contributed by atoms with van der Waals surface area (Å²) in [7, 11) is 1.29. The van der Waals surface area contributed by atoms with Crippen LogP contribution in [0.4, 0.5) is 5.69 Å². The SMILES string of the molecule is COC(=O)CC(O)CNc1ccc2oc(C)nc2c1. The predicted octanol–water partition coefficient (Wildman–Crippen LogP) is 1.47. The first-order valence-electron chi connectivity index (χ1n) is 5.94. The zero-order chi connectivity index (χ0) is 13.8. The number of nitrogens with one attached hydrogen (secondary N) is 1. The molecule has 0 bridgehead atoms. The van der Waals surface area contributed by atoms with Crippen molar-refractivity contribution in [2.45, 2.75) is 19.4 Å². The van der Waals surface area contributed by atoms with Gasteiger partial charge in [0, 0.05) is 19.2 Å². The average molecular weight is 264 g/mol. The van der Waals surface area contributed by atoms with Gasteiger partial charge in [0.15, 0.2) is 11.5 Å². The molecule has 102 valence electrons. The van der Waals surface area contributed by atoms with Crippen LogP contribution < -0.4 is 5.32 Å². The van der Waals surface area contributed by atoms with Crippen molar-refractivity contribution >= 4 is 22.8 Å². The monoisotopic (exact) mass is 264 g/mol. The van der Waals surface area contributed by atoms with Crippen LogP contribution in [0.15, 0.2) is 22.6 Å². The number of aryl methyl sites for hydroxylation is 1. The van der Waals surface area contributed by atoms with E-state index in [1.807, 2.05) is 18.2 Å². The van der Waals surface area contributed by atoms with Crippen LogP contribution in [0.25, 0.3) is 11.1 Å². The summed E-state index contributed by atoms with van der Waals surface area (Å²) in [5, 5.41) is 12.7. The molecular formula is C13H16N2O4. The van der Waals surface area contributed by atoms with Gasteiger partial charge < -0.3 is 19.6 Å². The van der Waals surface area contributed by atoms with Gasteiger partial charge in [0.25, 0.3) is 0 Å².